The molecular formula is C19H11N5OS. The number of rotatable bonds is 3. The molecule has 0 aliphatic carbocycles. The van der Waals surface area contributed by atoms with E-state index in [0.717, 1.165) is 32.1 Å². The van der Waals surface area contributed by atoms with Crippen molar-refractivity contribution in [1.82, 2.24) is 24.9 Å². The van der Waals surface area contributed by atoms with Crippen molar-refractivity contribution in [3.05, 3.63) is 67.6 Å². The van der Waals surface area contributed by atoms with Crippen molar-refractivity contribution in [2.45, 2.75) is 0 Å². The Kier molecular flexibility index (Phi) is 3.50. The van der Waals surface area contributed by atoms with Crippen LogP contribution in [0.1, 0.15) is 0 Å². The standard InChI is InChI=1S/C19H11N5OS/c1-3-12(10-20-5-1)19-23-11-16(26-19)17-13-4-8-25-15(13)9-14(24-17)18-21-6-2-7-22-18/h1-11H. The summed E-state index contributed by atoms with van der Waals surface area (Å²) >= 11 is 1.57. The minimum absolute atomic E-state index is 0.559. The van der Waals surface area contributed by atoms with Crippen LogP contribution < -0.4 is 0 Å². The minimum atomic E-state index is 0.559. The first-order chi connectivity index (χ1) is 12.9. The summed E-state index contributed by atoms with van der Waals surface area (Å²) in [6.07, 6.45) is 10.4. The number of thiazole rings is 1. The molecule has 7 heteroatoms. The Bertz CT molecular complexity index is 1180. The van der Waals surface area contributed by atoms with Gasteiger partial charge in [-0.1, -0.05) is 0 Å². The lowest BCUT2D eigenvalue weighted by molar-refractivity contribution is 0.615. The van der Waals surface area contributed by atoms with Crippen molar-refractivity contribution in [2.24, 2.45) is 0 Å². The van der Waals surface area contributed by atoms with E-state index in [1.165, 1.54) is 0 Å². The van der Waals surface area contributed by atoms with Crippen molar-refractivity contribution in [2.75, 3.05) is 0 Å². The fourth-order valence-corrected chi connectivity index (χ4v) is 3.62. The number of aromatic nitrogens is 5. The highest BCUT2D eigenvalue weighted by Gasteiger charge is 2.16. The maximum absolute atomic E-state index is 5.61. The average Bonchev–Trinajstić information content (AvgIpc) is 3.38. The molecule has 0 radical (unpaired) electrons. The zero-order valence-electron chi connectivity index (χ0n) is 13.4. The fourth-order valence-electron chi connectivity index (χ4n) is 2.71. The van der Waals surface area contributed by atoms with Crippen LogP contribution in [0, 0.1) is 0 Å². The highest BCUT2D eigenvalue weighted by Crippen LogP contribution is 2.36. The lowest BCUT2D eigenvalue weighted by Crippen LogP contribution is -1.92. The van der Waals surface area contributed by atoms with Gasteiger partial charge in [-0.15, -0.1) is 11.3 Å². The summed E-state index contributed by atoms with van der Waals surface area (Å²) in [5.41, 5.74) is 3.20. The van der Waals surface area contributed by atoms with Crippen LogP contribution in [0.5, 0.6) is 0 Å². The summed E-state index contributed by atoms with van der Waals surface area (Å²) in [4.78, 5) is 23.0. The van der Waals surface area contributed by atoms with Gasteiger partial charge in [-0.3, -0.25) is 4.98 Å². The lowest BCUT2D eigenvalue weighted by atomic mass is 10.2. The normalized spacial score (nSPS) is 11.1. The SMILES string of the molecule is c1cnc(-c2cc3occc3c(-c3cnc(-c4cccnc4)s3)n2)nc1. The number of hydrogen-bond donors (Lipinski definition) is 0. The Morgan fingerprint density at radius 2 is 1.85 bits per heavy atom. The molecule has 0 saturated carbocycles. The van der Waals surface area contributed by atoms with Crippen LogP contribution >= 0.6 is 11.3 Å². The van der Waals surface area contributed by atoms with Crippen LogP contribution in [0.15, 0.2) is 72.0 Å². The van der Waals surface area contributed by atoms with E-state index >= 15 is 0 Å². The second-order valence-corrected chi connectivity index (χ2v) is 6.56. The quantitative estimate of drug-likeness (QED) is 0.474. The van der Waals surface area contributed by atoms with Crippen molar-refractivity contribution in [3.63, 3.8) is 0 Å². The summed E-state index contributed by atoms with van der Waals surface area (Å²) in [5.74, 6) is 0.559. The largest absolute Gasteiger partial charge is 0.464 e. The van der Waals surface area contributed by atoms with Crippen LogP contribution in [0.25, 0.3) is 43.6 Å². The topological polar surface area (TPSA) is 77.6 Å². The van der Waals surface area contributed by atoms with Gasteiger partial charge in [0.25, 0.3) is 0 Å². The first-order valence-electron chi connectivity index (χ1n) is 7.91. The molecule has 0 atom stereocenters. The van der Waals surface area contributed by atoms with E-state index in [9.17, 15) is 0 Å². The molecule has 5 heterocycles. The molecular weight excluding hydrogens is 346 g/mol. The van der Waals surface area contributed by atoms with E-state index in [1.54, 1.807) is 48.5 Å². The van der Waals surface area contributed by atoms with E-state index in [0.29, 0.717) is 11.5 Å². The third kappa shape index (κ3) is 2.55. The van der Waals surface area contributed by atoms with E-state index < -0.39 is 0 Å². The third-order valence-electron chi connectivity index (χ3n) is 3.89. The van der Waals surface area contributed by atoms with Gasteiger partial charge in [-0.2, -0.15) is 0 Å². The molecule has 0 fully saturated rings. The summed E-state index contributed by atoms with van der Waals surface area (Å²) in [6, 6.07) is 9.44. The highest BCUT2D eigenvalue weighted by molar-refractivity contribution is 7.18. The molecule has 5 aromatic heterocycles. The minimum Gasteiger partial charge on any atom is -0.464 e. The van der Waals surface area contributed by atoms with Crippen molar-refractivity contribution >= 4 is 22.3 Å². The molecule has 6 nitrogen and oxygen atoms in total. The molecule has 26 heavy (non-hydrogen) atoms. The summed E-state index contributed by atoms with van der Waals surface area (Å²) in [5, 5.41) is 1.83. The van der Waals surface area contributed by atoms with Gasteiger partial charge in [0.1, 0.15) is 16.3 Å². The molecule has 0 spiro atoms. The molecule has 0 N–H and O–H groups in total. The van der Waals surface area contributed by atoms with Crippen LogP contribution in [0.2, 0.25) is 0 Å². The molecule has 0 aromatic carbocycles. The Balaban J connectivity index is 1.67. The molecule has 124 valence electrons. The number of pyridine rings is 2. The molecule has 0 amide bonds. The molecule has 5 aromatic rings. The molecule has 0 saturated heterocycles. The predicted molar refractivity (Wildman–Crippen MR) is 99.4 cm³/mol. The first-order valence-corrected chi connectivity index (χ1v) is 8.72. The summed E-state index contributed by atoms with van der Waals surface area (Å²) in [7, 11) is 0. The average molecular weight is 357 g/mol. The van der Waals surface area contributed by atoms with Gasteiger partial charge < -0.3 is 4.42 Å². The molecule has 0 bridgehead atoms. The lowest BCUT2D eigenvalue weighted by Gasteiger charge is -2.03. The zero-order chi connectivity index (χ0) is 17.3. The van der Waals surface area contributed by atoms with E-state index in [2.05, 4.69) is 19.9 Å². The Hall–Kier alpha value is -3.45. The van der Waals surface area contributed by atoms with Crippen LogP contribution in [-0.2, 0) is 0 Å². The molecule has 0 unspecified atom stereocenters. The molecule has 0 aliphatic heterocycles. The van der Waals surface area contributed by atoms with E-state index in [-0.39, 0.29) is 0 Å². The smallest absolute Gasteiger partial charge is 0.178 e. The first kappa shape index (κ1) is 14.9. The fraction of sp³-hybridized carbons (Fsp3) is 0. The van der Waals surface area contributed by atoms with E-state index in [1.807, 2.05) is 30.5 Å². The molecule has 5 rings (SSSR count). The zero-order valence-corrected chi connectivity index (χ0v) is 14.2. The number of furan rings is 1. The third-order valence-corrected chi connectivity index (χ3v) is 4.95. The van der Waals surface area contributed by atoms with Crippen molar-refractivity contribution in [1.29, 1.82) is 0 Å². The number of nitrogens with zero attached hydrogens (tertiary/aromatic N) is 5. The van der Waals surface area contributed by atoms with Gasteiger partial charge >= 0.3 is 0 Å². The Labute approximate surface area is 152 Å². The van der Waals surface area contributed by atoms with Crippen molar-refractivity contribution < 1.29 is 4.42 Å². The van der Waals surface area contributed by atoms with Gasteiger partial charge in [0, 0.05) is 48.0 Å². The monoisotopic (exact) mass is 357 g/mol. The summed E-state index contributed by atoms with van der Waals surface area (Å²) < 4.78 is 5.61. The second kappa shape index (κ2) is 6.12. The summed E-state index contributed by atoms with van der Waals surface area (Å²) in [6.45, 7) is 0. The Morgan fingerprint density at radius 1 is 0.923 bits per heavy atom. The Morgan fingerprint density at radius 3 is 2.69 bits per heavy atom. The maximum atomic E-state index is 5.61. The number of hydrogen-bond acceptors (Lipinski definition) is 7. The van der Waals surface area contributed by atoms with Gasteiger partial charge in [0.15, 0.2) is 5.82 Å². The van der Waals surface area contributed by atoms with Gasteiger partial charge in [-0.05, 0) is 24.3 Å². The van der Waals surface area contributed by atoms with Crippen molar-refractivity contribution in [3.8, 4) is 32.7 Å². The van der Waals surface area contributed by atoms with E-state index in [4.69, 9.17) is 9.40 Å². The highest BCUT2D eigenvalue weighted by atomic mass is 32.1. The molecule has 0 aliphatic rings. The van der Waals surface area contributed by atoms with Crippen LogP contribution in [-0.4, -0.2) is 24.9 Å². The van der Waals surface area contributed by atoms with Gasteiger partial charge in [0.2, 0.25) is 0 Å². The van der Waals surface area contributed by atoms with Crippen LogP contribution in [0.4, 0.5) is 0 Å². The van der Waals surface area contributed by atoms with Gasteiger partial charge in [0.05, 0.1) is 16.8 Å². The number of fused-ring (bicyclic) bond motifs is 1. The predicted octanol–water partition coefficient (Wildman–Crippen LogP) is 4.47. The second-order valence-electron chi connectivity index (χ2n) is 5.53. The van der Waals surface area contributed by atoms with Gasteiger partial charge in [-0.25, -0.2) is 19.9 Å². The maximum Gasteiger partial charge on any atom is 0.178 e. The van der Waals surface area contributed by atoms with Crippen LogP contribution in [0.3, 0.4) is 0 Å².